The van der Waals surface area contributed by atoms with E-state index >= 15 is 0 Å². The lowest BCUT2D eigenvalue weighted by Gasteiger charge is -2.17. The van der Waals surface area contributed by atoms with Crippen LogP contribution >= 0.6 is 11.6 Å². The first-order valence-electron chi connectivity index (χ1n) is 5.82. The minimum Gasteiger partial charge on any atom is -0.357 e. The molecule has 0 spiro atoms. The molecule has 0 radical (unpaired) electrons. The molecule has 1 atom stereocenters. The van der Waals surface area contributed by atoms with Gasteiger partial charge in [-0.3, -0.25) is 5.73 Å². The van der Waals surface area contributed by atoms with Gasteiger partial charge in [0.25, 0.3) is 0 Å². The normalized spacial score (nSPS) is 19.3. The molecule has 1 aromatic heterocycles. The molecule has 1 amide bonds. The summed E-state index contributed by atoms with van der Waals surface area (Å²) >= 11 is 6.02. The maximum absolute atomic E-state index is 11.5. The zero-order valence-corrected chi connectivity index (χ0v) is 10.2. The first-order valence-corrected chi connectivity index (χ1v) is 6.20. The second-order valence-electron chi connectivity index (χ2n) is 4.62. The molecule has 0 bridgehead atoms. The Bertz CT molecular complexity index is 603. The number of H-pyrrole nitrogens is 1. The Morgan fingerprint density at radius 1 is 1.47 bits per heavy atom. The lowest BCUT2D eigenvalue weighted by Crippen LogP contribution is -2.59. The number of aryl methyl sites for hydroxylation is 1. The van der Waals surface area contributed by atoms with Crippen molar-refractivity contribution in [1.82, 2.24) is 4.98 Å². The van der Waals surface area contributed by atoms with E-state index in [1.54, 1.807) is 0 Å². The van der Waals surface area contributed by atoms with Crippen LogP contribution in [0.2, 0.25) is 5.02 Å². The summed E-state index contributed by atoms with van der Waals surface area (Å²) in [6.45, 7) is 0. The number of benzene rings is 1. The molecule has 17 heavy (non-hydrogen) atoms. The van der Waals surface area contributed by atoms with Gasteiger partial charge in [0.2, 0.25) is 0 Å². The Kier molecular flexibility index (Phi) is 2.45. The smallest absolute Gasteiger partial charge is 0.317 e. The van der Waals surface area contributed by atoms with Gasteiger partial charge < -0.3 is 4.98 Å². The fourth-order valence-corrected chi connectivity index (χ4v) is 2.93. The number of nitrogens with one attached hydrogen (secondary N) is 1. The molecule has 4 N–H and O–H groups in total. The van der Waals surface area contributed by atoms with Crippen LogP contribution in [0.5, 0.6) is 0 Å². The van der Waals surface area contributed by atoms with Crippen molar-refractivity contribution in [2.45, 2.75) is 25.2 Å². The average Bonchev–Trinajstić information content (AvgIpc) is 2.66. The van der Waals surface area contributed by atoms with E-state index in [1.807, 2.05) is 18.2 Å². The van der Waals surface area contributed by atoms with Crippen molar-refractivity contribution in [3.63, 3.8) is 0 Å². The SMILES string of the molecule is [NH3+]C(=O)[C@H]1CCCc2c1[nH]c1ccc(Cl)cc21. The van der Waals surface area contributed by atoms with Crippen LogP contribution in [0.1, 0.15) is 30.0 Å². The highest BCUT2D eigenvalue weighted by atomic mass is 35.5. The number of hydrogen-bond donors (Lipinski definition) is 2. The van der Waals surface area contributed by atoms with E-state index in [-0.39, 0.29) is 11.8 Å². The van der Waals surface area contributed by atoms with E-state index in [9.17, 15) is 4.79 Å². The minimum absolute atomic E-state index is 0.00334. The van der Waals surface area contributed by atoms with Crippen LogP contribution in [-0.2, 0) is 11.2 Å². The van der Waals surface area contributed by atoms with E-state index in [2.05, 4.69) is 10.7 Å². The van der Waals surface area contributed by atoms with Gasteiger partial charge >= 0.3 is 5.91 Å². The predicted octanol–water partition coefficient (Wildman–Crippen LogP) is 2.01. The number of halogens is 1. The maximum atomic E-state index is 11.5. The molecular formula is C13H14ClN2O+. The zero-order chi connectivity index (χ0) is 12.0. The number of amides is 1. The number of carbonyl (C=O) groups is 1. The quantitative estimate of drug-likeness (QED) is 0.798. The molecule has 0 aliphatic heterocycles. The van der Waals surface area contributed by atoms with Crippen molar-refractivity contribution in [3.8, 4) is 0 Å². The summed E-state index contributed by atoms with van der Waals surface area (Å²) in [4.78, 5) is 14.9. The lowest BCUT2D eigenvalue weighted by molar-refractivity contribution is -0.308. The molecule has 4 heteroatoms. The van der Waals surface area contributed by atoms with Crippen LogP contribution in [0.4, 0.5) is 0 Å². The van der Waals surface area contributed by atoms with Gasteiger partial charge in [0.15, 0.2) is 0 Å². The molecule has 0 saturated heterocycles. The second-order valence-corrected chi connectivity index (χ2v) is 5.05. The molecule has 1 aliphatic carbocycles. The Balaban J connectivity index is 2.25. The predicted molar refractivity (Wildman–Crippen MR) is 66.9 cm³/mol. The molecule has 2 aromatic rings. The van der Waals surface area contributed by atoms with Crippen LogP contribution in [0.3, 0.4) is 0 Å². The van der Waals surface area contributed by atoms with E-state index < -0.39 is 0 Å². The number of carbonyl (C=O) groups excluding carboxylic acids is 1. The fraction of sp³-hybridized carbons (Fsp3) is 0.308. The number of aromatic nitrogens is 1. The van der Waals surface area contributed by atoms with E-state index in [1.165, 1.54) is 5.56 Å². The third-order valence-corrected chi connectivity index (χ3v) is 3.79. The Hall–Kier alpha value is -1.32. The average molecular weight is 250 g/mol. The molecule has 1 heterocycles. The summed E-state index contributed by atoms with van der Waals surface area (Å²) in [6, 6.07) is 5.82. The molecule has 1 aliphatic rings. The van der Waals surface area contributed by atoms with Crippen molar-refractivity contribution >= 4 is 28.4 Å². The van der Waals surface area contributed by atoms with Gasteiger partial charge in [-0.05, 0) is 43.0 Å². The van der Waals surface area contributed by atoms with E-state index in [0.29, 0.717) is 0 Å². The zero-order valence-electron chi connectivity index (χ0n) is 9.42. The highest BCUT2D eigenvalue weighted by molar-refractivity contribution is 6.31. The van der Waals surface area contributed by atoms with Crippen LogP contribution < -0.4 is 5.73 Å². The highest BCUT2D eigenvalue weighted by Crippen LogP contribution is 2.36. The summed E-state index contributed by atoms with van der Waals surface area (Å²) in [5, 5.41) is 1.89. The van der Waals surface area contributed by atoms with Crippen molar-refractivity contribution in [2.75, 3.05) is 0 Å². The van der Waals surface area contributed by atoms with Crippen molar-refractivity contribution in [1.29, 1.82) is 0 Å². The molecule has 0 fully saturated rings. The third-order valence-electron chi connectivity index (χ3n) is 3.56. The fourth-order valence-electron chi connectivity index (χ4n) is 2.76. The van der Waals surface area contributed by atoms with Crippen molar-refractivity contribution in [3.05, 3.63) is 34.5 Å². The summed E-state index contributed by atoms with van der Waals surface area (Å²) in [6.07, 6.45) is 2.95. The van der Waals surface area contributed by atoms with Gasteiger partial charge in [-0.2, -0.15) is 0 Å². The Morgan fingerprint density at radius 3 is 3.06 bits per heavy atom. The first kappa shape index (κ1) is 10.8. The maximum Gasteiger partial charge on any atom is 0.317 e. The summed E-state index contributed by atoms with van der Waals surface area (Å²) < 4.78 is 0. The van der Waals surface area contributed by atoms with Gasteiger partial charge in [-0.1, -0.05) is 11.6 Å². The molecule has 3 rings (SSSR count). The highest BCUT2D eigenvalue weighted by Gasteiger charge is 2.30. The summed E-state index contributed by atoms with van der Waals surface area (Å²) in [5.41, 5.74) is 6.92. The third kappa shape index (κ3) is 1.66. The van der Waals surface area contributed by atoms with Crippen LogP contribution in [-0.4, -0.2) is 10.9 Å². The van der Waals surface area contributed by atoms with Crippen molar-refractivity contribution < 1.29 is 10.5 Å². The van der Waals surface area contributed by atoms with Crippen LogP contribution in [0, 0.1) is 0 Å². The van der Waals surface area contributed by atoms with Gasteiger partial charge in [0.05, 0.1) is 0 Å². The monoisotopic (exact) mass is 249 g/mol. The summed E-state index contributed by atoms with van der Waals surface area (Å²) in [5.74, 6) is -0.0615. The number of aromatic amines is 1. The standard InChI is InChI=1S/C13H13ClN2O/c14-7-4-5-11-10(6-7)8-2-1-3-9(13(15)17)12(8)16-11/h4-6,9,16H,1-3H2,(H2,15,17)/p+1/t9-/m0/s1. The van der Waals surface area contributed by atoms with E-state index in [0.717, 1.165) is 40.9 Å². The van der Waals surface area contributed by atoms with Crippen LogP contribution in [0.25, 0.3) is 10.9 Å². The first-order chi connectivity index (χ1) is 8.16. The molecule has 0 unspecified atom stereocenters. The Labute approximate surface area is 104 Å². The van der Waals surface area contributed by atoms with Gasteiger partial charge in [0, 0.05) is 21.6 Å². The van der Waals surface area contributed by atoms with E-state index in [4.69, 9.17) is 11.6 Å². The van der Waals surface area contributed by atoms with Gasteiger partial charge in [0.1, 0.15) is 5.92 Å². The molecule has 1 aromatic carbocycles. The number of quaternary nitrogens is 1. The minimum atomic E-state index is -0.0649. The van der Waals surface area contributed by atoms with Gasteiger partial charge in [-0.15, -0.1) is 0 Å². The second kappa shape index (κ2) is 3.86. The van der Waals surface area contributed by atoms with Gasteiger partial charge in [-0.25, -0.2) is 4.79 Å². The molecule has 3 nitrogen and oxygen atoms in total. The largest absolute Gasteiger partial charge is 0.357 e. The topological polar surface area (TPSA) is 60.5 Å². The molecular weight excluding hydrogens is 236 g/mol. The number of hydrogen-bond acceptors (Lipinski definition) is 1. The van der Waals surface area contributed by atoms with Crippen molar-refractivity contribution in [2.24, 2.45) is 0 Å². The Morgan fingerprint density at radius 2 is 2.29 bits per heavy atom. The number of fused-ring (bicyclic) bond motifs is 3. The van der Waals surface area contributed by atoms with Crippen LogP contribution in [0.15, 0.2) is 18.2 Å². The number of rotatable bonds is 1. The summed E-state index contributed by atoms with van der Waals surface area (Å²) in [7, 11) is 0. The lowest BCUT2D eigenvalue weighted by atomic mass is 9.86. The molecule has 88 valence electrons. The molecule has 0 saturated carbocycles.